The molecule has 0 spiro atoms. The summed E-state index contributed by atoms with van der Waals surface area (Å²) in [6.45, 7) is 3.50. The van der Waals surface area contributed by atoms with Gasteiger partial charge in [-0.05, 0) is 26.3 Å². The van der Waals surface area contributed by atoms with Gasteiger partial charge in [0.2, 0.25) is 5.91 Å². The number of hydrogen-bond acceptors (Lipinski definition) is 4. The molecule has 2 saturated heterocycles. The molecule has 0 radical (unpaired) electrons. The van der Waals surface area contributed by atoms with Gasteiger partial charge >= 0.3 is 0 Å². The van der Waals surface area contributed by atoms with Crippen molar-refractivity contribution >= 4 is 15.7 Å². The molecule has 2 unspecified atom stereocenters. The van der Waals surface area contributed by atoms with E-state index in [1.54, 1.807) is 11.9 Å². The van der Waals surface area contributed by atoms with E-state index in [4.69, 9.17) is 0 Å². The Morgan fingerprint density at radius 2 is 2.18 bits per heavy atom. The Morgan fingerprint density at radius 3 is 2.65 bits per heavy atom. The molecule has 1 N–H and O–H groups in total. The number of hydrogen-bond donors (Lipinski definition) is 1. The van der Waals surface area contributed by atoms with Gasteiger partial charge < -0.3 is 10.2 Å². The molecule has 5 nitrogen and oxygen atoms in total. The lowest BCUT2D eigenvalue weighted by Crippen LogP contribution is -2.46. The average Bonchev–Trinajstić information content (AvgIpc) is 2.83. The molecule has 6 heteroatoms. The first-order chi connectivity index (χ1) is 7.84. The van der Waals surface area contributed by atoms with E-state index >= 15 is 0 Å². The van der Waals surface area contributed by atoms with Crippen molar-refractivity contribution < 1.29 is 13.2 Å². The highest BCUT2D eigenvalue weighted by Gasteiger charge is 2.42. The fraction of sp³-hybridized carbons (Fsp3) is 0.909. The number of sulfone groups is 1. The fourth-order valence-electron chi connectivity index (χ4n) is 2.67. The first-order valence-corrected chi connectivity index (χ1v) is 7.85. The van der Waals surface area contributed by atoms with Crippen molar-refractivity contribution in [2.75, 3.05) is 31.6 Å². The predicted octanol–water partition coefficient (Wildman–Crippen LogP) is -0.368. The second-order valence-corrected chi connectivity index (χ2v) is 7.69. The van der Waals surface area contributed by atoms with Crippen LogP contribution in [0, 0.1) is 5.41 Å². The number of carbonyl (C=O) groups is 1. The van der Waals surface area contributed by atoms with Crippen molar-refractivity contribution in [3.63, 3.8) is 0 Å². The van der Waals surface area contributed by atoms with Crippen molar-refractivity contribution in [2.24, 2.45) is 5.41 Å². The van der Waals surface area contributed by atoms with Crippen LogP contribution in [0.2, 0.25) is 0 Å². The van der Waals surface area contributed by atoms with Crippen LogP contribution in [0.3, 0.4) is 0 Å². The Labute approximate surface area is 102 Å². The highest BCUT2D eigenvalue weighted by atomic mass is 32.2. The van der Waals surface area contributed by atoms with Crippen molar-refractivity contribution in [1.29, 1.82) is 0 Å². The third-order valence-electron chi connectivity index (χ3n) is 3.96. The zero-order valence-electron chi connectivity index (χ0n) is 10.4. The maximum atomic E-state index is 12.4. The standard InChI is InChI=1S/C11H20N2O3S/c1-11(4-5-12-8-11)10(14)13(2)9-3-6-17(15,16)7-9/h9,12H,3-8H2,1-2H3. The second-order valence-electron chi connectivity index (χ2n) is 5.46. The molecule has 0 saturated carbocycles. The van der Waals surface area contributed by atoms with E-state index in [0.29, 0.717) is 13.0 Å². The molecule has 0 aromatic carbocycles. The second kappa shape index (κ2) is 4.24. The van der Waals surface area contributed by atoms with Gasteiger partial charge in [-0.15, -0.1) is 0 Å². The van der Waals surface area contributed by atoms with Gasteiger partial charge in [-0.3, -0.25) is 4.79 Å². The van der Waals surface area contributed by atoms with Crippen LogP contribution in [0.1, 0.15) is 19.8 Å². The minimum atomic E-state index is -2.93. The third kappa shape index (κ3) is 2.47. The van der Waals surface area contributed by atoms with Crippen molar-refractivity contribution in [3.8, 4) is 0 Å². The molecule has 2 rings (SSSR count). The monoisotopic (exact) mass is 260 g/mol. The van der Waals surface area contributed by atoms with Crippen LogP contribution in [0.5, 0.6) is 0 Å². The molecular weight excluding hydrogens is 240 g/mol. The first kappa shape index (κ1) is 12.8. The first-order valence-electron chi connectivity index (χ1n) is 6.02. The molecule has 0 aliphatic carbocycles. The number of rotatable bonds is 2. The topological polar surface area (TPSA) is 66.5 Å². The van der Waals surface area contributed by atoms with Crippen molar-refractivity contribution in [3.05, 3.63) is 0 Å². The van der Waals surface area contributed by atoms with E-state index in [1.807, 2.05) is 6.92 Å². The molecule has 2 fully saturated rings. The maximum absolute atomic E-state index is 12.4. The lowest BCUT2D eigenvalue weighted by Gasteiger charge is -2.31. The molecule has 2 atom stereocenters. The van der Waals surface area contributed by atoms with E-state index in [0.717, 1.165) is 13.0 Å². The Kier molecular flexibility index (Phi) is 3.20. The Hall–Kier alpha value is -0.620. The summed E-state index contributed by atoms with van der Waals surface area (Å²) in [6, 6.07) is -0.134. The van der Waals surface area contributed by atoms with Crippen molar-refractivity contribution in [2.45, 2.75) is 25.8 Å². The van der Waals surface area contributed by atoms with Crippen LogP contribution in [0.25, 0.3) is 0 Å². The van der Waals surface area contributed by atoms with E-state index in [-0.39, 0.29) is 28.9 Å². The summed E-state index contributed by atoms with van der Waals surface area (Å²) in [7, 11) is -1.19. The van der Waals surface area contributed by atoms with Crippen LogP contribution in [-0.2, 0) is 14.6 Å². The molecule has 17 heavy (non-hydrogen) atoms. The van der Waals surface area contributed by atoms with Crippen molar-refractivity contribution in [1.82, 2.24) is 10.2 Å². The quantitative estimate of drug-likeness (QED) is 0.736. The molecule has 2 heterocycles. The van der Waals surface area contributed by atoms with Crippen LogP contribution in [0.15, 0.2) is 0 Å². The van der Waals surface area contributed by atoms with Gasteiger partial charge in [0.05, 0.1) is 16.9 Å². The highest BCUT2D eigenvalue weighted by molar-refractivity contribution is 7.91. The van der Waals surface area contributed by atoms with E-state index in [9.17, 15) is 13.2 Å². The molecule has 0 bridgehead atoms. The SMILES string of the molecule is CN(C(=O)C1(C)CCNC1)C1CCS(=O)(=O)C1. The van der Waals surface area contributed by atoms with Crippen LogP contribution in [-0.4, -0.2) is 56.9 Å². The number of carbonyl (C=O) groups excluding carboxylic acids is 1. The zero-order chi connectivity index (χ0) is 12.7. The number of amides is 1. The maximum Gasteiger partial charge on any atom is 0.229 e. The predicted molar refractivity (Wildman–Crippen MR) is 65.4 cm³/mol. The van der Waals surface area contributed by atoms with Gasteiger partial charge in [0.1, 0.15) is 0 Å². The van der Waals surface area contributed by atoms with Crippen LogP contribution >= 0.6 is 0 Å². The minimum Gasteiger partial charge on any atom is -0.341 e. The van der Waals surface area contributed by atoms with E-state index in [2.05, 4.69) is 5.32 Å². The van der Waals surface area contributed by atoms with E-state index < -0.39 is 9.84 Å². The van der Waals surface area contributed by atoms with Crippen LogP contribution in [0.4, 0.5) is 0 Å². The van der Waals surface area contributed by atoms with Gasteiger partial charge in [0.15, 0.2) is 9.84 Å². The summed E-state index contributed by atoms with van der Waals surface area (Å²) in [5, 5.41) is 3.19. The summed E-state index contributed by atoms with van der Waals surface area (Å²) in [4.78, 5) is 14.0. The molecule has 2 aliphatic rings. The Morgan fingerprint density at radius 1 is 1.47 bits per heavy atom. The molecule has 0 aromatic heterocycles. The summed E-state index contributed by atoms with van der Waals surface area (Å²) >= 11 is 0. The summed E-state index contributed by atoms with van der Waals surface area (Å²) in [5.41, 5.74) is -0.360. The number of nitrogens with one attached hydrogen (secondary N) is 1. The van der Waals surface area contributed by atoms with Gasteiger partial charge in [0, 0.05) is 19.6 Å². The van der Waals surface area contributed by atoms with Gasteiger partial charge in [-0.2, -0.15) is 0 Å². The van der Waals surface area contributed by atoms with Crippen LogP contribution < -0.4 is 5.32 Å². The third-order valence-corrected chi connectivity index (χ3v) is 5.71. The largest absolute Gasteiger partial charge is 0.341 e. The summed E-state index contributed by atoms with van der Waals surface area (Å²) < 4.78 is 22.8. The highest BCUT2D eigenvalue weighted by Crippen LogP contribution is 2.29. The van der Waals surface area contributed by atoms with Gasteiger partial charge in [0.25, 0.3) is 0 Å². The molecule has 1 amide bonds. The molecular formula is C11H20N2O3S. The minimum absolute atomic E-state index is 0.0737. The lowest BCUT2D eigenvalue weighted by atomic mass is 9.87. The average molecular weight is 260 g/mol. The fourth-order valence-corrected chi connectivity index (χ4v) is 4.45. The molecule has 0 aromatic rings. The summed E-state index contributed by atoms with van der Waals surface area (Å²) in [5.74, 6) is 0.410. The van der Waals surface area contributed by atoms with Gasteiger partial charge in [-0.25, -0.2) is 8.42 Å². The zero-order valence-corrected chi connectivity index (χ0v) is 11.2. The lowest BCUT2D eigenvalue weighted by molar-refractivity contribution is -0.140. The Bertz CT molecular complexity index is 412. The van der Waals surface area contributed by atoms with Gasteiger partial charge in [-0.1, -0.05) is 0 Å². The molecule has 2 aliphatic heterocycles. The normalized spacial score (nSPS) is 36.0. The molecule has 98 valence electrons. The smallest absolute Gasteiger partial charge is 0.229 e. The number of nitrogens with zero attached hydrogens (tertiary/aromatic N) is 1. The Balaban J connectivity index is 2.05. The summed E-state index contributed by atoms with van der Waals surface area (Å²) in [6.07, 6.45) is 1.41. The van der Waals surface area contributed by atoms with E-state index in [1.165, 1.54) is 0 Å².